The van der Waals surface area contributed by atoms with Crippen LogP contribution in [0.4, 0.5) is 19.0 Å². The normalized spacial score (nSPS) is 10.7. The van der Waals surface area contributed by atoms with Crippen molar-refractivity contribution in [3.05, 3.63) is 45.5 Å². The zero-order valence-electron chi connectivity index (χ0n) is 12.0. The van der Waals surface area contributed by atoms with Crippen molar-refractivity contribution in [2.24, 2.45) is 0 Å². The predicted octanol–water partition coefficient (Wildman–Crippen LogP) is 1.76. The summed E-state index contributed by atoms with van der Waals surface area (Å²) in [4.78, 5) is 36.5. The molecule has 0 aliphatic carbocycles. The third kappa shape index (κ3) is 3.54. The molecule has 25 heavy (non-hydrogen) atoms. The molecule has 0 fully saturated rings. The van der Waals surface area contributed by atoms with Crippen LogP contribution in [0.2, 0.25) is 0 Å². The Labute approximate surface area is 136 Å². The molecule has 2 rings (SSSR count). The van der Waals surface area contributed by atoms with Gasteiger partial charge in [0, 0.05) is 11.6 Å². The number of aromatic nitrogens is 1. The average Bonchev–Trinajstić information content (AvgIpc) is 2.43. The van der Waals surface area contributed by atoms with Gasteiger partial charge in [0.1, 0.15) is 28.5 Å². The molecule has 132 valence electrons. The molecule has 5 N–H and O–H groups in total. The van der Waals surface area contributed by atoms with Crippen LogP contribution >= 0.6 is 0 Å². The maximum atomic E-state index is 13.7. The van der Waals surface area contributed by atoms with Gasteiger partial charge in [-0.3, -0.25) is 4.79 Å². The number of ether oxygens (including phenoxy) is 1. The number of hydrogen-bond acceptors (Lipinski definition) is 5. The van der Waals surface area contributed by atoms with Crippen LogP contribution in [-0.4, -0.2) is 33.7 Å². The highest BCUT2D eigenvalue weighted by atomic mass is 19.3. The largest absolute Gasteiger partial charge is 0.478 e. The summed E-state index contributed by atoms with van der Waals surface area (Å²) in [5.41, 5.74) is 1.08. The van der Waals surface area contributed by atoms with Gasteiger partial charge in [-0.2, -0.15) is 8.78 Å². The van der Waals surface area contributed by atoms with Gasteiger partial charge >= 0.3 is 18.6 Å². The monoisotopic (exact) mass is 358 g/mol. The third-order valence-corrected chi connectivity index (χ3v) is 3.06. The summed E-state index contributed by atoms with van der Waals surface area (Å²) in [6, 6.07) is 2.00. The third-order valence-electron chi connectivity index (χ3n) is 3.06. The number of nitrogen functional groups attached to an aromatic ring is 1. The summed E-state index contributed by atoms with van der Waals surface area (Å²) >= 11 is 0. The van der Waals surface area contributed by atoms with Gasteiger partial charge in [0.15, 0.2) is 0 Å². The first-order valence-corrected chi connectivity index (χ1v) is 6.40. The van der Waals surface area contributed by atoms with E-state index in [0.29, 0.717) is 12.1 Å². The molecule has 2 aromatic rings. The van der Waals surface area contributed by atoms with Gasteiger partial charge < -0.3 is 25.7 Å². The fraction of sp³-hybridized carbons (Fsp3) is 0.0714. The number of H-pyrrole nitrogens is 1. The summed E-state index contributed by atoms with van der Waals surface area (Å²) in [5.74, 6) is -6.04. The van der Waals surface area contributed by atoms with Crippen LogP contribution in [0.25, 0.3) is 11.1 Å². The predicted molar refractivity (Wildman–Crippen MR) is 77.4 cm³/mol. The van der Waals surface area contributed by atoms with Gasteiger partial charge in [0.05, 0.1) is 0 Å². The maximum absolute atomic E-state index is 13.7. The van der Waals surface area contributed by atoms with E-state index >= 15 is 0 Å². The highest BCUT2D eigenvalue weighted by Gasteiger charge is 2.27. The fourth-order valence-electron chi connectivity index (χ4n) is 2.21. The fourth-order valence-corrected chi connectivity index (χ4v) is 2.21. The Morgan fingerprint density at radius 2 is 1.72 bits per heavy atom. The van der Waals surface area contributed by atoms with E-state index in [1.807, 2.05) is 4.98 Å². The summed E-state index contributed by atoms with van der Waals surface area (Å²) < 4.78 is 42.4. The number of nitrogens with one attached hydrogen (secondary N) is 1. The highest BCUT2D eigenvalue weighted by Crippen LogP contribution is 2.32. The molecule has 0 bridgehead atoms. The van der Waals surface area contributed by atoms with Gasteiger partial charge in [-0.15, -0.1) is 0 Å². The number of carboxylic acid groups (broad SMARTS) is 2. The first kappa shape index (κ1) is 17.8. The molecule has 0 saturated heterocycles. The van der Waals surface area contributed by atoms with Crippen LogP contribution < -0.4 is 16.0 Å². The minimum Gasteiger partial charge on any atom is -0.478 e. The Hall–Kier alpha value is -3.50. The minimum absolute atomic E-state index is 0.483. The Balaban J connectivity index is 2.90. The molecule has 0 atom stereocenters. The van der Waals surface area contributed by atoms with E-state index in [4.69, 9.17) is 5.73 Å². The zero-order chi connectivity index (χ0) is 18.9. The van der Waals surface area contributed by atoms with Crippen LogP contribution in [0.3, 0.4) is 0 Å². The molecule has 0 unspecified atom stereocenters. The number of nitrogens with two attached hydrogens (primary N) is 1. The number of hydrogen-bond donors (Lipinski definition) is 4. The average molecular weight is 358 g/mol. The Kier molecular flexibility index (Phi) is 4.68. The van der Waals surface area contributed by atoms with Crippen LogP contribution in [0.1, 0.15) is 20.7 Å². The molecule has 1 aromatic heterocycles. The van der Waals surface area contributed by atoms with E-state index in [1.54, 1.807) is 0 Å². The first-order valence-electron chi connectivity index (χ1n) is 6.40. The number of benzene rings is 1. The van der Waals surface area contributed by atoms with E-state index in [2.05, 4.69) is 4.74 Å². The molecule has 11 heteroatoms. The van der Waals surface area contributed by atoms with Crippen molar-refractivity contribution < 1.29 is 37.7 Å². The molecule has 0 amide bonds. The lowest BCUT2D eigenvalue weighted by atomic mass is 9.95. The van der Waals surface area contributed by atoms with E-state index in [1.165, 1.54) is 0 Å². The number of carboxylic acids is 2. The molecule has 1 aromatic carbocycles. The smallest absolute Gasteiger partial charge is 0.387 e. The van der Waals surface area contributed by atoms with Crippen LogP contribution in [-0.2, 0) is 0 Å². The first-order chi connectivity index (χ1) is 11.6. The lowest BCUT2D eigenvalue weighted by Crippen LogP contribution is -2.24. The number of aromatic carboxylic acids is 2. The van der Waals surface area contributed by atoms with Crippen molar-refractivity contribution in [1.29, 1.82) is 0 Å². The van der Waals surface area contributed by atoms with Gasteiger partial charge in [0.25, 0.3) is 5.56 Å². The number of carbonyl (C=O) groups is 2. The van der Waals surface area contributed by atoms with Crippen molar-refractivity contribution in [3.8, 4) is 16.9 Å². The molecular formula is C14H9F3N2O6. The topological polar surface area (TPSA) is 143 Å². The number of rotatable bonds is 5. The van der Waals surface area contributed by atoms with E-state index in [-0.39, 0.29) is 0 Å². The van der Waals surface area contributed by atoms with E-state index in [9.17, 15) is 37.8 Å². The lowest BCUT2D eigenvalue weighted by Gasteiger charge is -2.13. The molecule has 8 nitrogen and oxygen atoms in total. The lowest BCUT2D eigenvalue weighted by molar-refractivity contribution is -0.0499. The molecule has 0 spiro atoms. The maximum Gasteiger partial charge on any atom is 0.387 e. The Morgan fingerprint density at radius 3 is 2.24 bits per heavy atom. The van der Waals surface area contributed by atoms with Gasteiger partial charge in [0.2, 0.25) is 0 Å². The van der Waals surface area contributed by atoms with Crippen LogP contribution in [0.15, 0.2) is 23.0 Å². The number of alkyl halides is 2. The second-order valence-electron chi connectivity index (χ2n) is 4.66. The second kappa shape index (κ2) is 6.55. The SMILES string of the molecule is Nc1[nH]c(=O)c(C(=O)O)c(-c2cc(F)cc(OC(F)F)c2)c1C(=O)O. The Bertz CT molecular complexity index is 926. The highest BCUT2D eigenvalue weighted by molar-refractivity contribution is 6.07. The number of aromatic amines is 1. The minimum atomic E-state index is -3.31. The van der Waals surface area contributed by atoms with Crippen molar-refractivity contribution in [1.82, 2.24) is 4.98 Å². The zero-order valence-corrected chi connectivity index (χ0v) is 12.0. The molecule has 0 aliphatic rings. The molecule has 0 radical (unpaired) electrons. The van der Waals surface area contributed by atoms with E-state index in [0.717, 1.165) is 6.07 Å². The number of anilines is 1. The summed E-state index contributed by atoms with van der Waals surface area (Å²) in [7, 11) is 0. The van der Waals surface area contributed by atoms with E-state index < -0.39 is 63.7 Å². The Morgan fingerprint density at radius 1 is 1.12 bits per heavy atom. The van der Waals surface area contributed by atoms with Crippen molar-refractivity contribution in [3.63, 3.8) is 0 Å². The summed E-state index contributed by atoms with van der Waals surface area (Å²) in [6.45, 7) is -3.31. The van der Waals surface area contributed by atoms with Crippen LogP contribution in [0.5, 0.6) is 5.75 Å². The molecule has 0 saturated carbocycles. The quantitative estimate of drug-likeness (QED) is 0.638. The second-order valence-corrected chi connectivity index (χ2v) is 4.66. The number of pyridine rings is 1. The number of halogens is 3. The van der Waals surface area contributed by atoms with Gasteiger partial charge in [-0.1, -0.05) is 0 Å². The standard InChI is InChI=1S/C14H9F3N2O6/c15-5-1-4(2-6(3-5)25-14(16)17)7-8(12(21)22)10(18)19-11(20)9(7)13(23)24/h1-3,14H,(H,21,22)(H,23,24)(H3,18,19,20). The van der Waals surface area contributed by atoms with Gasteiger partial charge in [-0.25, -0.2) is 14.0 Å². The molecular weight excluding hydrogens is 349 g/mol. The molecule has 0 aliphatic heterocycles. The summed E-state index contributed by atoms with van der Waals surface area (Å²) in [5, 5.41) is 18.4. The van der Waals surface area contributed by atoms with Crippen molar-refractivity contribution >= 4 is 17.8 Å². The van der Waals surface area contributed by atoms with Gasteiger partial charge in [-0.05, 0) is 17.7 Å². The molecule has 1 heterocycles. The van der Waals surface area contributed by atoms with Crippen LogP contribution in [0, 0.1) is 5.82 Å². The van der Waals surface area contributed by atoms with Crippen molar-refractivity contribution in [2.45, 2.75) is 6.61 Å². The summed E-state index contributed by atoms with van der Waals surface area (Å²) in [6.07, 6.45) is 0. The van der Waals surface area contributed by atoms with Crippen molar-refractivity contribution in [2.75, 3.05) is 5.73 Å².